The van der Waals surface area contributed by atoms with Gasteiger partial charge in [0.25, 0.3) is 0 Å². The van der Waals surface area contributed by atoms with Crippen molar-refractivity contribution in [1.82, 2.24) is 39.6 Å². The summed E-state index contributed by atoms with van der Waals surface area (Å²) in [5, 5.41) is 13.0. The van der Waals surface area contributed by atoms with E-state index < -0.39 is 7.14 Å². The van der Waals surface area contributed by atoms with E-state index >= 15 is 0 Å². The number of likely N-dealkylation sites (N-methyl/N-ethyl adjacent to an activating group) is 1. The highest BCUT2D eigenvalue weighted by Crippen LogP contribution is 2.43. The Morgan fingerprint density at radius 2 is 1.77 bits per heavy atom. The summed E-state index contributed by atoms with van der Waals surface area (Å²) in [6, 6.07) is 10.1. The van der Waals surface area contributed by atoms with E-state index in [0.717, 1.165) is 48.4 Å². The normalized spacial score (nSPS) is 14.3. The third-order valence-electron chi connectivity index (χ3n) is 8.67. The number of methoxy groups -OCH3 is 1. The van der Waals surface area contributed by atoms with Crippen molar-refractivity contribution in [1.29, 1.82) is 0 Å². The lowest BCUT2D eigenvalue weighted by molar-refractivity contribution is 0.313. The van der Waals surface area contributed by atoms with E-state index in [2.05, 4.69) is 79.7 Å². The van der Waals surface area contributed by atoms with Gasteiger partial charge in [-0.2, -0.15) is 15.1 Å². The monoisotopic (exact) mass is 665 g/mol. The standard InChI is InChI=1S/C34H40N11O2P/c1-21(2)45-20-22(19-38-45)24-17-27(29(47-4)18-28(24)44-15-13-43(3)14-16-44)40-34-41-32-23(9-10-37-32)33(42-34)39-26-8-7-25-30(36-12-11-35-25)31(26)48(5,6)46/h7-12,17-21H,13-16H2,1-6H3,(H3,37,39,40,41,42). The van der Waals surface area contributed by atoms with Gasteiger partial charge in [-0.15, -0.1) is 0 Å². The molecule has 0 amide bonds. The minimum absolute atomic E-state index is 0.234. The molecule has 0 unspecified atom stereocenters. The largest absolute Gasteiger partial charge is 0.494 e. The molecule has 0 aliphatic carbocycles. The van der Waals surface area contributed by atoms with Gasteiger partial charge < -0.3 is 34.7 Å². The lowest BCUT2D eigenvalue weighted by Crippen LogP contribution is -2.44. The molecule has 14 heteroatoms. The summed E-state index contributed by atoms with van der Waals surface area (Å²) in [6.07, 6.45) is 9.08. The smallest absolute Gasteiger partial charge is 0.231 e. The van der Waals surface area contributed by atoms with Gasteiger partial charge in [0, 0.05) is 79.9 Å². The Labute approximate surface area is 279 Å². The van der Waals surface area contributed by atoms with Crippen molar-refractivity contribution in [2.75, 3.05) is 69.2 Å². The molecule has 3 N–H and O–H groups in total. The maximum absolute atomic E-state index is 13.6. The molecule has 0 radical (unpaired) electrons. The Morgan fingerprint density at radius 3 is 2.50 bits per heavy atom. The molecular weight excluding hydrogens is 625 g/mol. The van der Waals surface area contributed by atoms with E-state index in [1.54, 1.807) is 32.8 Å². The summed E-state index contributed by atoms with van der Waals surface area (Å²) < 4.78 is 21.5. The molecule has 1 aliphatic rings. The van der Waals surface area contributed by atoms with Gasteiger partial charge in [-0.05, 0) is 58.5 Å². The van der Waals surface area contributed by atoms with Crippen LogP contribution < -0.4 is 25.6 Å². The first kappa shape index (κ1) is 31.6. The molecular formula is C34H40N11O2P. The Hall–Kier alpha value is -5.00. The van der Waals surface area contributed by atoms with Crippen LogP contribution in [0.1, 0.15) is 19.9 Å². The van der Waals surface area contributed by atoms with Crippen molar-refractivity contribution in [2.24, 2.45) is 0 Å². The lowest BCUT2D eigenvalue weighted by atomic mass is 10.0. The first-order chi connectivity index (χ1) is 23.1. The average molecular weight is 666 g/mol. The van der Waals surface area contributed by atoms with Gasteiger partial charge in [0.1, 0.15) is 29.9 Å². The van der Waals surface area contributed by atoms with Crippen LogP contribution in [0.15, 0.2) is 61.3 Å². The zero-order valence-corrected chi connectivity index (χ0v) is 28.9. The van der Waals surface area contributed by atoms with Crippen LogP contribution in [0.25, 0.3) is 33.2 Å². The van der Waals surface area contributed by atoms with Gasteiger partial charge in [-0.1, -0.05) is 0 Å². The molecule has 0 bridgehead atoms. The van der Waals surface area contributed by atoms with Crippen LogP contribution in [-0.2, 0) is 4.57 Å². The summed E-state index contributed by atoms with van der Waals surface area (Å²) in [5.41, 5.74) is 6.44. The van der Waals surface area contributed by atoms with Crippen LogP contribution in [0.4, 0.5) is 28.8 Å². The second-order valence-corrected chi connectivity index (χ2v) is 15.9. The number of fused-ring (bicyclic) bond motifs is 2. The first-order valence-corrected chi connectivity index (χ1v) is 18.6. The Morgan fingerprint density at radius 1 is 0.979 bits per heavy atom. The highest BCUT2D eigenvalue weighted by molar-refractivity contribution is 7.71. The van der Waals surface area contributed by atoms with E-state index in [0.29, 0.717) is 50.9 Å². The zero-order valence-electron chi connectivity index (χ0n) is 28.0. The second kappa shape index (κ2) is 12.6. The van der Waals surface area contributed by atoms with E-state index in [9.17, 15) is 4.57 Å². The maximum atomic E-state index is 13.6. The fourth-order valence-corrected chi connectivity index (χ4v) is 7.54. The minimum Gasteiger partial charge on any atom is -0.494 e. The number of piperazine rings is 1. The number of nitrogens with one attached hydrogen (secondary N) is 3. The predicted octanol–water partition coefficient (Wildman–Crippen LogP) is 5.84. The number of ether oxygens (including phenoxy) is 1. The number of rotatable bonds is 9. The molecule has 13 nitrogen and oxygen atoms in total. The lowest BCUT2D eigenvalue weighted by Gasteiger charge is -2.35. The van der Waals surface area contributed by atoms with Gasteiger partial charge in [0.15, 0.2) is 0 Å². The fraction of sp³-hybridized carbons (Fsp3) is 0.324. The van der Waals surface area contributed by atoms with Crippen molar-refractivity contribution >= 4 is 63.3 Å². The van der Waals surface area contributed by atoms with Crippen LogP contribution in [0.5, 0.6) is 5.75 Å². The molecule has 5 heterocycles. The van der Waals surface area contributed by atoms with E-state index in [-0.39, 0.29) is 6.04 Å². The van der Waals surface area contributed by atoms with Crippen molar-refractivity contribution in [3.63, 3.8) is 0 Å². The van der Waals surface area contributed by atoms with Crippen LogP contribution >= 0.6 is 7.14 Å². The van der Waals surface area contributed by atoms with Crippen molar-refractivity contribution in [2.45, 2.75) is 19.9 Å². The number of benzene rings is 2. The molecule has 7 rings (SSSR count). The molecule has 1 fully saturated rings. The molecule has 248 valence electrons. The number of nitrogens with zero attached hydrogens (tertiary/aromatic N) is 8. The van der Waals surface area contributed by atoms with E-state index in [1.165, 1.54) is 0 Å². The summed E-state index contributed by atoms with van der Waals surface area (Å²) in [6.45, 7) is 11.5. The second-order valence-electron chi connectivity index (χ2n) is 12.8. The third kappa shape index (κ3) is 6.07. The minimum atomic E-state index is -2.78. The SMILES string of the molecule is COc1cc(N2CCN(C)CC2)c(-c2cnn(C(C)C)c2)cc1Nc1nc(Nc2ccc3nccnc3c2P(C)(C)=O)c2cc[nH]c2n1. The van der Waals surface area contributed by atoms with Crippen LogP contribution in [0.2, 0.25) is 0 Å². The third-order valence-corrected chi connectivity index (χ3v) is 10.2. The first-order valence-electron chi connectivity index (χ1n) is 16.0. The molecule has 0 atom stereocenters. The highest BCUT2D eigenvalue weighted by atomic mass is 31.2. The van der Waals surface area contributed by atoms with Crippen molar-refractivity contribution in [3.8, 4) is 16.9 Å². The Bertz CT molecular complexity index is 2160. The molecule has 1 saturated heterocycles. The molecule has 0 saturated carbocycles. The Kier molecular flexibility index (Phi) is 8.26. The summed E-state index contributed by atoms with van der Waals surface area (Å²) >= 11 is 0. The summed E-state index contributed by atoms with van der Waals surface area (Å²) in [5.74, 6) is 1.58. The van der Waals surface area contributed by atoms with Crippen LogP contribution in [0, 0.1) is 0 Å². The van der Waals surface area contributed by atoms with Crippen LogP contribution in [0.3, 0.4) is 0 Å². The van der Waals surface area contributed by atoms with Crippen molar-refractivity contribution in [3.05, 3.63) is 61.3 Å². The average Bonchev–Trinajstić information content (AvgIpc) is 3.75. The van der Waals surface area contributed by atoms with Gasteiger partial charge in [0.2, 0.25) is 5.95 Å². The molecule has 0 spiro atoms. The molecule has 1 aliphatic heterocycles. The summed E-state index contributed by atoms with van der Waals surface area (Å²) in [7, 11) is 1.04. The van der Waals surface area contributed by atoms with Gasteiger partial charge in [-0.25, -0.2) is 0 Å². The summed E-state index contributed by atoms with van der Waals surface area (Å²) in [4.78, 5) is 26.6. The van der Waals surface area contributed by atoms with E-state index in [4.69, 9.17) is 14.7 Å². The predicted molar refractivity (Wildman–Crippen MR) is 193 cm³/mol. The fourth-order valence-electron chi connectivity index (χ4n) is 6.14. The van der Waals surface area contributed by atoms with E-state index in [1.807, 2.05) is 35.3 Å². The number of aromatic nitrogens is 7. The molecule has 6 aromatic rings. The van der Waals surface area contributed by atoms with Crippen LogP contribution in [-0.4, -0.2) is 93.3 Å². The number of H-pyrrole nitrogens is 1. The topological polar surface area (TPSA) is 142 Å². The zero-order chi connectivity index (χ0) is 33.6. The van der Waals surface area contributed by atoms with Gasteiger partial charge in [0.05, 0.1) is 40.9 Å². The number of aromatic amines is 1. The Balaban J connectivity index is 1.31. The van der Waals surface area contributed by atoms with Crippen molar-refractivity contribution < 1.29 is 9.30 Å². The quantitative estimate of drug-likeness (QED) is 0.160. The maximum Gasteiger partial charge on any atom is 0.231 e. The number of hydrogen-bond acceptors (Lipinski definition) is 11. The molecule has 48 heavy (non-hydrogen) atoms. The highest BCUT2D eigenvalue weighted by Gasteiger charge is 2.24. The number of hydrogen-bond donors (Lipinski definition) is 3. The number of anilines is 5. The molecule has 4 aromatic heterocycles. The molecule has 2 aromatic carbocycles. The van der Waals surface area contributed by atoms with Gasteiger partial charge in [-0.3, -0.25) is 14.6 Å². The van der Waals surface area contributed by atoms with Gasteiger partial charge >= 0.3 is 0 Å².